The molecule has 2 saturated heterocycles. The Labute approximate surface area is 164 Å². The molecule has 0 aromatic carbocycles. The van der Waals surface area contributed by atoms with Gasteiger partial charge in [-0.05, 0) is 25.0 Å². The fourth-order valence-corrected chi connectivity index (χ4v) is 3.98. The van der Waals surface area contributed by atoms with Crippen LogP contribution in [-0.4, -0.2) is 79.1 Å². The van der Waals surface area contributed by atoms with E-state index in [1.165, 1.54) is 6.20 Å². The Morgan fingerprint density at radius 3 is 2.55 bits per heavy atom. The van der Waals surface area contributed by atoms with Crippen LogP contribution in [0.25, 0.3) is 0 Å². The van der Waals surface area contributed by atoms with Gasteiger partial charge in [0.2, 0.25) is 10.0 Å². The van der Waals surface area contributed by atoms with Gasteiger partial charge in [0.25, 0.3) is 5.91 Å². The van der Waals surface area contributed by atoms with Gasteiger partial charge in [-0.1, -0.05) is 0 Å². The molecule has 0 saturated carbocycles. The number of carbonyl (C=O) groups is 2. The van der Waals surface area contributed by atoms with E-state index in [4.69, 9.17) is 14.6 Å². The van der Waals surface area contributed by atoms with Crippen molar-refractivity contribution < 1.29 is 41.0 Å². The van der Waals surface area contributed by atoms with Gasteiger partial charge in [0.1, 0.15) is 0 Å². The lowest BCUT2D eigenvalue weighted by molar-refractivity contribution is -0.192. The summed E-state index contributed by atoms with van der Waals surface area (Å²) in [6.45, 7) is 0.911. The molecule has 3 rings (SSSR count). The van der Waals surface area contributed by atoms with Crippen LogP contribution in [0.1, 0.15) is 23.2 Å². The summed E-state index contributed by atoms with van der Waals surface area (Å²) in [7, 11) is -3.35. The maximum atomic E-state index is 12.7. The minimum Gasteiger partial charge on any atom is -0.475 e. The van der Waals surface area contributed by atoms with Gasteiger partial charge in [0, 0.05) is 25.5 Å². The number of rotatable bonds is 3. The number of carboxylic acids is 1. The molecule has 13 heteroatoms. The molecule has 29 heavy (non-hydrogen) atoms. The highest BCUT2D eigenvalue weighted by Gasteiger charge is 2.47. The van der Waals surface area contributed by atoms with E-state index in [0.29, 0.717) is 18.7 Å². The Hall–Kier alpha value is -2.25. The SMILES string of the molecule is CS(=O)(=O)N[C@@H]1CN(C(=O)c2cccnc2)[C@@H]2CCCO[C@@H]21.O=C(O)C(F)(F)F. The van der Waals surface area contributed by atoms with Crippen molar-refractivity contribution in [3.8, 4) is 0 Å². The van der Waals surface area contributed by atoms with Crippen LogP contribution >= 0.6 is 0 Å². The lowest BCUT2D eigenvalue weighted by atomic mass is 10.0. The van der Waals surface area contributed by atoms with E-state index >= 15 is 0 Å². The van der Waals surface area contributed by atoms with E-state index in [1.807, 2.05) is 0 Å². The molecular formula is C16H20F3N3O6S. The second kappa shape index (κ2) is 9.05. The number of amides is 1. The number of hydrogen-bond acceptors (Lipinski definition) is 6. The molecular weight excluding hydrogens is 419 g/mol. The van der Waals surface area contributed by atoms with Gasteiger partial charge < -0.3 is 14.7 Å². The van der Waals surface area contributed by atoms with Gasteiger partial charge in [0.15, 0.2) is 0 Å². The molecule has 2 aliphatic rings. The Balaban J connectivity index is 0.000000370. The number of fused-ring (bicyclic) bond motifs is 1. The smallest absolute Gasteiger partial charge is 0.475 e. The third-order valence-electron chi connectivity index (χ3n) is 4.30. The number of nitrogens with one attached hydrogen (secondary N) is 1. The highest BCUT2D eigenvalue weighted by Crippen LogP contribution is 2.30. The number of hydrogen-bond donors (Lipinski definition) is 2. The summed E-state index contributed by atoms with van der Waals surface area (Å²) in [5.74, 6) is -2.89. The molecule has 0 radical (unpaired) electrons. The first-order chi connectivity index (χ1) is 13.4. The third-order valence-corrected chi connectivity index (χ3v) is 5.03. The quantitative estimate of drug-likeness (QED) is 0.708. The molecule has 0 aliphatic carbocycles. The first kappa shape index (κ1) is 23.0. The van der Waals surface area contributed by atoms with Crippen molar-refractivity contribution in [3.63, 3.8) is 0 Å². The molecule has 1 aromatic heterocycles. The normalized spacial score (nSPS) is 24.3. The summed E-state index contributed by atoms with van der Waals surface area (Å²) in [6.07, 6.45) is 0.572. The highest BCUT2D eigenvalue weighted by atomic mass is 32.2. The lowest BCUT2D eigenvalue weighted by Crippen LogP contribution is -2.47. The number of carboxylic acid groups (broad SMARTS) is 1. The molecule has 1 aromatic rings. The van der Waals surface area contributed by atoms with E-state index in [-0.39, 0.29) is 18.1 Å². The van der Waals surface area contributed by atoms with E-state index in [0.717, 1.165) is 19.1 Å². The number of alkyl halides is 3. The minimum atomic E-state index is -5.08. The van der Waals surface area contributed by atoms with Gasteiger partial charge in [-0.15, -0.1) is 0 Å². The number of aromatic nitrogens is 1. The first-order valence-electron chi connectivity index (χ1n) is 8.50. The standard InChI is InChI=1S/C14H19N3O4S.C2HF3O2/c1-22(19,20)16-11-9-17(12-5-3-7-21-13(11)12)14(18)10-4-2-6-15-8-10;3-2(4,5)1(6)7/h2,4,6,8,11-13,16H,3,5,7,9H2,1H3;(H,6,7)/t11-,12-,13-;/m1./s1. The predicted molar refractivity (Wildman–Crippen MR) is 93.5 cm³/mol. The van der Waals surface area contributed by atoms with Crippen molar-refractivity contribution in [1.82, 2.24) is 14.6 Å². The largest absolute Gasteiger partial charge is 0.490 e. The molecule has 2 fully saturated rings. The average molecular weight is 439 g/mol. The van der Waals surface area contributed by atoms with E-state index in [1.54, 1.807) is 23.2 Å². The molecule has 3 atom stereocenters. The number of likely N-dealkylation sites (tertiary alicyclic amines) is 1. The fourth-order valence-electron chi connectivity index (χ4n) is 3.22. The van der Waals surface area contributed by atoms with Crippen LogP contribution in [0, 0.1) is 0 Å². The Morgan fingerprint density at radius 2 is 2.03 bits per heavy atom. The molecule has 1 amide bonds. The van der Waals surface area contributed by atoms with Crippen LogP contribution in [0.3, 0.4) is 0 Å². The average Bonchev–Trinajstić information content (AvgIpc) is 2.98. The van der Waals surface area contributed by atoms with Crippen molar-refractivity contribution in [2.45, 2.75) is 37.2 Å². The number of carbonyl (C=O) groups excluding carboxylic acids is 1. The zero-order valence-corrected chi connectivity index (χ0v) is 16.1. The van der Waals surface area contributed by atoms with Crippen LogP contribution in [0.15, 0.2) is 24.5 Å². The van der Waals surface area contributed by atoms with Crippen molar-refractivity contribution in [2.75, 3.05) is 19.4 Å². The number of sulfonamides is 1. The third kappa shape index (κ3) is 6.37. The van der Waals surface area contributed by atoms with Crippen molar-refractivity contribution in [3.05, 3.63) is 30.1 Å². The maximum absolute atomic E-state index is 12.7. The molecule has 0 spiro atoms. The van der Waals surface area contributed by atoms with Crippen molar-refractivity contribution in [2.24, 2.45) is 0 Å². The summed E-state index contributed by atoms with van der Waals surface area (Å²) >= 11 is 0. The molecule has 2 N–H and O–H groups in total. The van der Waals surface area contributed by atoms with Gasteiger partial charge >= 0.3 is 12.1 Å². The van der Waals surface area contributed by atoms with Gasteiger partial charge in [-0.3, -0.25) is 9.78 Å². The van der Waals surface area contributed by atoms with E-state index in [9.17, 15) is 26.4 Å². The zero-order chi connectivity index (χ0) is 21.8. The van der Waals surface area contributed by atoms with E-state index < -0.39 is 28.2 Å². The van der Waals surface area contributed by atoms with Crippen molar-refractivity contribution >= 4 is 21.9 Å². The monoisotopic (exact) mass is 439 g/mol. The second-order valence-corrected chi connectivity index (χ2v) is 8.32. The summed E-state index contributed by atoms with van der Waals surface area (Å²) in [6, 6.07) is 2.93. The lowest BCUT2D eigenvalue weighted by Gasteiger charge is -2.32. The summed E-state index contributed by atoms with van der Waals surface area (Å²) in [4.78, 5) is 27.2. The number of halogens is 3. The Kier molecular flexibility index (Phi) is 7.19. The van der Waals surface area contributed by atoms with Crippen molar-refractivity contribution in [1.29, 1.82) is 0 Å². The van der Waals surface area contributed by atoms with Crippen LogP contribution < -0.4 is 4.72 Å². The number of ether oxygens (including phenoxy) is 1. The van der Waals surface area contributed by atoms with Gasteiger partial charge in [0.05, 0.1) is 30.0 Å². The van der Waals surface area contributed by atoms with Crippen LogP contribution in [0.4, 0.5) is 13.2 Å². The summed E-state index contributed by atoms with van der Waals surface area (Å²) < 4.78 is 63.1. The first-order valence-corrected chi connectivity index (χ1v) is 10.4. The van der Waals surface area contributed by atoms with Crippen LogP contribution in [-0.2, 0) is 19.6 Å². The Morgan fingerprint density at radius 1 is 1.38 bits per heavy atom. The van der Waals surface area contributed by atoms with Crippen LogP contribution in [0.5, 0.6) is 0 Å². The fraction of sp³-hybridized carbons (Fsp3) is 0.562. The minimum absolute atomic E-state index is 0.0966. The topological polar surface area (TPSA) is 126 Å². The van der Waals surface area contributed by atoms with Gasteiger partial charge in [-0.25, -0.2) is 17.9 Å². The molecule has 0 unspecified atom stereocenters. The highest BCUT2D eigenvalue weighted by molar-refractivity contribution is 7.88. The number of nitrogens with zero attached hydrogens (tertiary/aromatic N) is 2. The zero-order valence-electron chi connectivity index (χ0n) is 15.3. The molecule has 0 bridgehead atoms. The number of pyridine rings is 1. The molecule has 162 valence electrons. The molecule has 3 heterocycles. The molecule has 2 aliphatic heterocycles. The predicted octanol–water partition coefficient (Wildman–Crippen LogP) is 0.636. The van der Waals surface area contributed by atoms with E-state index in [2.05, 4.69) is 9.71 Å². The van der Waals surface area contributed by atoms with Crippen LogP contribution in [0.2, 0.25) is 0 Å². The van der Waals surface area contributed by atoms with Gasteiger partial charge in [-0.2, -0.15) is 13.2 Å². The number of aliphatic carboxylic acids is 1. The molecule has 9 nitrogen and oxygen atoms in total. The summed E-state index contributed by atoms with van der Waals surface area (Å²) in [5, 5.41) is 7.12. The Bertz CT molecular complexity index is 834. The maximum Gasteiger partial charge on any atom is 0.490 e. The summed E-state index contributed by atoms with van der Waals surface area (Å²) in [5.41, 5.74) is 0.506. The second-order valence-electron chi connectivity index (χ2n) is 6.54.